The highest BCUT2D eigenvalue weighted by Gasteiger charge is 2.63. The number of Topliss-reactive ketones (excluding diaryl/α,β-unsaturated/α-hetero) is 1. The number of nitrogens with zero attached hydrogens (tertiary/aromatic N) is 1. The molecule has 1 saturated carbocycles. The lowest BCUT2D eigenvalue weighted by Crippen LogP contribution is -2.44. The van der Waals surface area contributed by atoms with E-state index in [-0.39, 0.29) is 18.1 Å². The number of anilines is 1. The summed E-state index contributed by atoms with van der Waals surface area (Å²) in [4.78, 5) is 30.2. The Morgan fingerprint density at radius 3 is 2.24 bits per heavy atom. The van der Waals surface area contributed by atoms with E-state index in [4.69, 9.17) is 11.6 Å². The van der Waals surface area contributed by atoms with Gasteiger partial charge in [0.15, 0.2) is 5.78 Å². The molecule has 0 N–H and O–H groups in total. The van der Waals surface area contributed by atoms with Gasteiger partial charge in [-0.25, -0.2) is 0 Å². The second kappa shape index (κ2) is 9.82. The number of halogens is 1. The fraction of sp³-hybridized carbons (Fsp3) is 0.118. The lowest BCUT2D eigenvalue weighted by atomic mass is 9.70. The van der Waals surface area contributed by atoms with Crippen LogP contribution < -0.4 is 4.90 Å². The first-order chi connectivity index (χ1) is 18.6. The third-order valence-corrected chi connectivity index (χ3v) is 7.59. The Bertz CT molecular complexity index is 1620. The third kappa shape index (κ3) is 4.04. The molecule has 0 aromatic heterocycles. The van der Waals surface area contributed by atoms with Crippen LogP contribution in [0.1, 0.15) is 28.7 Å². The summed E-state index contributed by atoms with van der Waals surface area (Å²) in [6.45, 7) is 0.391. The van der Waals surface area contributed by atoms with Crippen molar-refractivity contribution in [3.8, 4) is 11.8 Å². The summed E-state index contributed by atoms with van der Waals surface area (Å²) in [5.74, 6) is 5.85. The molecule has 38 heavy (non-hydrogen) atoms. The van der Waals surface area contributed by atoms with Crippen LogP contribution in [0.3, 0.4) is 0 Å². The molecule has 1 aliphatic carbocycles. The molecule has 2 unspecified atom stereocenters. The molecule has 6 rings (SSSR count). The van der Waals surface area contributed by atoms with E-state index < -0.39 is 11.3 Å². The van der Waals surface area contributed by atoms with E-state index in [0.717, 1.165) is 27.9 Å². The SMILES string of the molecule is O=C1CC(C#Cc2ccccc2)C2(C(=O)N(Cc3ccccc3)c3ccc(Cl)cc32)/C1=C\c1ccccc1. The van der Waals surface area contributed by atoms with Gasteiger partial charge in [0.2, 0.25) is 5.91 Å². The first-order valence-corrected chi connectivity index (χ1v) is 13.0. The number of hydrogen-bond acceptors (Lipinski definition) is 2. The monoisotopic (exact) mass is 513 g/mol. The molecular weight excluding hydrogens is 490 g/mol. The Labute approximate surface area is 227 Å². The first-order valence-electron chi connectivity index (χ1n) is 12.6. The average Bonchev–Trinajstić information content (AvgIpc) is 3.35. The number of fused-ring (bicyclic) bond motifs is 2. The maximum atomic E-state index is 14.7. The molecule has 1 aliphatic heterocycles. The lowest BCUT2D eigenvalue weighted by Gasteiger charge is -2.29. The third-order valence-electron chi connectivity index (χ3n) is 7.35. The Morgan fingerprint density at radius 2 is 1.53 bits per heavy atom. The van der Waals surface area contributed by atoms with E-state index in [1.807, 2.05) is 109 Å². The van der Waals surface area contributed by atoms with E-state index in [1.54, 1.807) is 11.0 Å². The van der Waals surface area contributed by atoms with Crippen molar-refractivity contribution in [3.05, 3.63) is 142 Å². The quantitative estimate of drug-likeness (QED) is 0.222. The lowest BCUT2D eigenvalue weighted by molar-refractivity contribution is -0.123. The van der Waals surface area contributed by atoms with Crippen LogP contribution in [0.5, 0.6) is 0 Å². The number of hydrogen-bond donors (Lipinski definition) is 0. The normalized spacial score (nSPS) is 21.0. The van der Waals surface area contributed by atoms with Crippen LogP contribution in [0.15, 0.2) is 115 Å². The molecule has 1 spiro atoms. The van der Waals surface area contributed by atoms with Gasteiger partial charge in [-0.2, -0.15) is 0 Å². The summed E-state index contributed by atoms with van der Waals surface area (Å²) >= 11 is 6.54. The van der Waals surface area contributed by atoms with Crippen molar-refractivity contribution in [2.45, 2.75) is 18.4 Å². The maximum absolute atomic E-state index is 14.7. The standard InChI is InChI=1S/C34H24ClNO2/c35-28-18-19-31-29(22-28)34(33(38)36(31)23-26-14-8-3-9-15-26)27(17-16-24-10-4-1-5-11-24)21-32(37)30(34)20-25-12-6-2-7-13-25/h1-15,18-20,22,27H,21,23H2/b30-20-. The van der Waals surface area contributed by atoms with Crippen LogP contribution in [-0.4, -0.2) is 11.7 Å². The van der Waals surface area contributed by atoms with Crippen LogP contribution in [0.2, 0.25) is 5.02 Å². The minimum absolute atomic E-state index is 0.0675. The molecule has 2 aliphatic rings. The Hall–Kier alpha value is -4.39. The Kier molecular flexibility index (Phi) is 6.19. The van der Waals surface area contributed by atoms with Gasteiger partial charge in [0, 0.05) is 28.3 Å². The van der Waals surface area contributed by atoms with Crippen molar-refractivity contribution in [2.24, 2.45) is 5.92 Å². The largest absolute Gasteiger partial charge is 0.307 e. The number of amides is 1. The van der Waals surface area contributed by atoms with E-state index in [1.165, 1.54) is 0 Å². The minimum Gasteiger partial charge on any atom is -0.307 e. The number of benzene rings is 4. The summed E-state index contributed by atoms with van der Waals surface area (Å²) in [7, 11) is 0. The van der Waals surface area contributed by atoms with Gasteiger partial charge in [-0.15, -0.1) is 0 Å². The van der Waals surface area contributed by atoms with Crippen LogP contribution in [-0.2, 0) is 21.5 Å². The fourth-order valence-electron chi connectivity index (χ4n) is 5.63. The van der Waals surface area contributed by atoms with Crippen molar-refractivity contribution >= 4 is 35.1 Å². The van der Waals surface area contributed by atoms with Crippen LogP contribution in [0.25, 0.3) is 6.08 Å². The molecule has 4 aromatic rings. The zero-order chi connectivity index (χ0) is 26.1. The highest BCUT2D eigenvalue weighted by molar-refractivity contribution is 6.31. The Morgan fingerprint density at radius 1 is 0.868 bits per heavy atom. The van der Waals surface area contributed by atoms with Gasteiger partial charge < -0.3 is 4.90 Å². The van der Waals surface area contributed by atoms with Gasteiger partial charge in [-0.3, -0.25) is 9.59 Å². The van der Waals surface area contributed by atoms with Gasteiger partial charge in [0.25, 0.3) is 0 Å². The zero-order valence-electron chi connectivity index (χ0n) is 20.6. The molecular formula is C34H24ClNO2. The number of carbonyl (C=O) groups is 2. The second-order valence-electron chi connectivity index (χ2n) is 9.63. The highest BCUT2D eigenvalue weighted by atomic mass is 35.5. The molecule has 2 atom stereocenters. The maximum Gasteiger partial charge on any atom is 0.243 e. The van der Waals surface area contributed by atoms with Gasteiger partial charge in [0.1, 0.15) is 5.41 Å². The molecule has 0 bridgehead atoms. The summed E-state index contributed by atoms with van der Waals surface area (Å²) in [5.41, 5.74) is 3.45. The summed E-state index contributed by atoms with van der Waals surface area (Å²) in [6, 6.07) is 34.7. The molecule has 1 heterocycles. The van der Waals surface area contributed by atoms with Gasteiger partial charge in [-0.1, -0.05) is 102 Å². The van der Waals surface area contributed by atoms with Gasteiger partial charge in [-0.05, 0) is 53.1 Å². The number of ketones is 1. The van der Waals surface area contributed by atoms with Crippen molar-refractivity contribution in [2.75, 3.05) is 4.90 Å². The van der Waals surface area contributed by atoms with Crippen molar-refractivity contribution in [3.63, 3.8) is 0 Å². The van der Waals surface area contributed by atoms with E-state index >= 15 is 0 Å². The predicted octanol–water partition coefficient (Wildman–Crippen LogP) is 6.85. The van der Waals surface area contributed by atoms with Gasteiger partial charge in [0.05, 0.1) is 12.5 Å². The summed E-state index contributed by atoms with van der Waals surface area (Å²) < 4.78 is 0. The highest BCUT2D eigenvalue weighted by Crippen LogP contribution is 2.57. The Balaban J connectivity index is 1.58. The van der Waals surface area contributed by atoms with Crippen LogP contribution in [0.4, 0.5) is 5.69 Å². The molecule has 184 valence electrons. The van der Waals surface area contributed by atoms with E-state index in [9.17, 15) is 9.59 Å². The zero-order valence-corrected chi connectivity index (χ0v) is 21.4. The molecule has 0 radical (unpaired) electrons. The summed E-state index contributed by atoms with van der Waals surface area (Å²) in [5, 5.41) is 0.519. The number of rotatable bonds is 3. The van der Waals surface area contributed by atoms with Crippen LogP contribution in [0, 0.1) is 17.8 Å². The van der Waals surface area contributed by atoms with Crippen molar-refractivity contribution < 1.29 is 9.59 Å². The molecule has 1 fully saturated rings. The fourth-order valence-corrected chi connectivity index (χ4v) is 5.81. The molecule has 1 amide bonds. The minimum atomic E-state index is -1.25. The van der Waals surface area contributed by atoms with E-state index in [0.29, 0.717) is 17.1 Å². The molecule has 4 aromatic carbocycles. The number of carbonyl (C=O) groups excluding carboxylic acids is 2. The van der Waals surface area contributed by atoms with Crippen LogP contribution >= 0.6 is 11.6 Å². The molecule has 3 nitrogen and oxygen atoms in total. The van der Waals surface area contributed by atoms with E-state index in [2.05, 4.69) is 11.8 Å². The van der Waals surface area contributed by atoms with Crippen molar-refractivity contribution in [1.29, 1.82) is 0 Å². The summed E-state index contributed by atoms with van der Waals surface area (Å²) in [6.07, 6.45) is 2.02. The smallest absolute Gasteiger partial charge is 0.243 e. The second-order valence-corrected chi connectivity index (χ2v) is 10.1. The molecule has 0 saturated heterocycles. The van der Waals surface area contributed by atoms with Gasteiger partial charge >= 0.3 is 0 Å². The average molecular weight is 514 g/mol. The predicted molar refractivity (Wildman–Crippen MR) is 152 cm³/mol. The topological polar surface area (TPSA) is 37.4 Å². The van der Waals surface area contributed by atoms with Crippen molar-refractivity contribution in [1.82, 2.24) is 0 Å². The molecule has 4 heteroatoms. The first kappa shape index (κ1) is 24.0.